The van der Waals surface area contributed by atoms with Crippen molar-refractivity contribution in [2.45, 2.75) is 58.3 Å². The predicted octanol–water partition coefficient (Wildman–Crippen LogP) is 0.759. The molecular formula is C14H26N2O4. The van der Waals surface area contributed by atoms with Crippen molar-refractivity contribution < 1.29 is 19.4 Å². The summed E-state index contributed by atoms with van der Waals surface area (Å²) in [6.45, 7) is 6.80. The molecule has 1 saturated heterocycles. The summed E-state index contributed by atoms with van der Waals surface area (Å²) in [6.07, 6.45) is 1.61. The summed E-state index contributed by atoms with van der Waals surface area (Å²) in [7, 11) is 0. The van der Waals surface area contributed by atoms with Gasteiger partial charge in [0.1, 0.15) is 6.10 Å². The van der Waals surface area contributed by atoms with Crippen LogP contribution in [0, 0.1) is 5.92 Å². The first-order valence-corrected chi connectivity index (χ1v) is 7.33. The maximum atomic E-state index is 11.9. The highest BCUT2D eigenvalue weighted by molar-refractivity contribution is 5.80. The molecule has 4 atom stereocenters. The third-order valence-electron chi connectivity index (χ3n) is 3.54. The van der Waals surface area contributed by atoms with Gasteiger partial charge in [0.25, 0.3) is 0 Å². The Bertz CT molecular complexity index is 335. The molecule has 6 heteroatoms. The largest absolute Gasteiger partial charge is 0.481 e. The predicted molar refractivity (Wildman–Crippen MR) is 75.5 cm³/mol. The minimum Gasteiger partial charge on any atom is -0.481 e. The standard InChI is InChI=1S/C14H26N2O4/c1-4-5-9(2)16-13(17)10(3)20-12-6-11(14(18)19)7-15-8-12/h9-12,15H,4-8H2,1-3H3,(H,16,17)(H,18,19). The van der Waals surface area contributed by atoms with Crippen LogP contribution in [0.15, 0.2) is 0 Å². The minimum absolute atomic E-state index is 0.134. The number of aliphatic carboxylic acids is 1. The molecule has 0 bridgehead atoms. The van der Waals surface area contributed by atoms with E-state index in [-0.39, 0.29) is 18.1 Å². The molecule has 6 nitrogen and oxygen atoms in total. The second-order valence-corrected chi connectivity index (χ2v) is 5.53. The Morgan fingerprint density at radius 3 is 2.70 bits per heavy atom. The van der Waals surface area contributed by atoms with Crippen LogP contribution in [0.3, 0.4) is 0 Å². The number of carbonyl (C=O) groups excluding carboxylic acids is 1. The van der Waals surface area contributed by atoms with Crippen molar-refractivity contribution in [3.8, 4) is 0 Å². The molecule has 0 saturated carbocycles. The van der Waals surface area contributed by atoms with Gasteiger partial charge in [0.15, 0.2) is 0 Å². The van der Waals surface area contributed by atoms with Gasteiger partial charge in [0.2, 0.25) is 5.91 Å². The zero-order valence-corrected chi connectivity index (χ0v) is 12.5. The zero-order valence-electron chi connectivity index (χ0n) is 12.5. The lowest BCUT2D eigenvalue weighted by Crippen LogP contribution is -2.47. The number of piperidine rings is 1. The van der Waals surface area contributed by atoms with E-state index < -0.39 is 18.0 Å². The van der Waals surface area contributed by atoms with Crippen LogP contribution in [0.2, 0.25) is 0 Å². The first-order valence-electron chi connectivity index (χ1n) is 7.33. The second-order valence-electron chi connectivity index (χ2n) is 5.53. The molecule has 0 radical (unpaired) electrons. The molecule has 116 valence electrons. The van der Waals surface area contributed by atoms with Crippen molar-refractivity contribution >= 4 is 11.9 Å². The highest BCUT2D eigenvalue weighted by atomic mass is 16.5. The van der Waals surface area contributed by atoms with Gasteiger partial charge in [-0.15, -0.1) is 0 Å². The quantitative estimate of drug-likeness (QED) is 0.643. The Kier molecular flexibility index (Phi) is 6.95. The summed E-state index contributed by atoms with van der Waals surface area (Å²) in [5, 5.41) is 14.9. The number of carboxylic acid groups (broad SMARTS) is 1. The molecule has 4 unspecified atom stereocenters. The fourth-order valence-corrected chi connectivity index (χ4v) is 2.41. The van der Waals surface area contributed by atoms with Crippen LogP contribution in [0.1, 0.15) is 40.0 Å². The lowest BCUT2D eigenvalue weighted by atomic mass is 9.97. The molecule has 1 aliphatic rings. The Labute approximate surface area is 120 Å². The van der Waals surface area contributed by atoms with Gasteiger partial charge >= 0.3 is 5.97 Å². The topological polar surface area (TPSA) is 87.7 Å². The van der Waals surface area contributed by atoms with Crippen LogP contribution >= 0.6 is 0 Å². The first kappa shape index (κ1) is 16.9. The lowest BCUT2D eigenvalue weighted by Gasteiger charge is -2.30. The van der Waals surface area contributed by atoms with Crippen molar-refractivity contribution in [1.29, 1.82) is 0 Å². The molecule has 0 aliphatic carbocycles. The van der Waals surface area contributed by atoms with Crippen LogP contribution < -0.4 is 10.6 Å². The van der Waals surface area contributed by atoms with Crippen LogP contribution in [0.25, 0.3) is 0 Å². The second kappa shape index (κ2) is 8.21. The smallest absolute Gasteiger partial charge is 0.307 e. The first-order chi connectivity index (χ1) is 9.43. The zero-order chi connectivity index (χ0) is 15.1. The van der Waals surface area contributed by atoms with Crippen molar-refractivity contribution in [2.24, 2.45) is 5.92 Å². The molecule has 0 aromatic carbocycles. The van der Waals surface area contributed by atoms with E-state index in [1.54, 1.807) is 6.92 Å². The van der Waals surface area contributed by atoms with Crippen LogP contribution in [-0.2, 0) is 14.3 Å². The van der Waals surface area contributed by atoms with E-state index in [1.807, 2.05) is 6.92 Å². The van der Waals surface area contributed by atoms with E-state index in [4.69, 9.17) is 9.84 Å². The summed E-state index contributed by atoms with van der Waals surface area (Å²) in [4.78, 5) is 22.9. The van der Waals surface area contributed by atoms with E-state index >= 15 is 0 Å². The summed E-state index contributed by atoms with van der Waals surface area (Å²) >= 11 is 0. The summed E-state index contributed by atoms with van der Waals surface area (Å²) in [6, 6.07) is 0.134. The van der Waals surface area contributed by atoms with E-state index in [0.29, 0.717) is 19.5 Å². The SMILES string of the molecule is CCCC(C)NC(=O)C(C)OC1CNCC(C(=O)O)C1. The van der Waals surface area contributed by atoms with Gasteiger partial charge < -0.3 is 20.5 Å². The average molecular weight is 286 g/mol. The third-order valence-corrected chi connectivity index (χ3v) is 3.54. The molecule has 1 rings (SSSR count). The van der Waals surface area contributed by atoms with Gasteiger partial charge in [-0.3, -0.25) is 9.59 Å². The molecule has 0 aromatic heterocycles. The maximum Gasteiger partial charge on any atom is 0.307 e. The maximum absolute atomic E-state index is 11.9. The molecule has 1 amide bonds. The monoisotopic (exact) mass is 286 g/mol. The Hall–Kier alpha value is -1.14. The Balaban J connectivity index is 2.38. The number of carbonyl (C=O) groups is 2. The van der Waals surface area contributed by atoms with Crippen LogP contribution in [0.4, 0.5) is 0 Å². The van der Waals surface area contributed by atoms with Crippen LogP contribution in [-0.4, -0.2) is 48.3 Å². The summed E-state index contributed by atoms with van der Waals surface area (Å²) in [5.41, 5.74) is 0. The van der Waals surface area contributed by atoms with Crippen molar-refractivity contribution in [3.05, 3.63) is 0 Å². The average Bonchev–Trinajstić information content (AvgIpc) is 2.39. The van der Waals surface area contributed by atoms with Gasteiger partial charge in [-0.05, 0) is 26.7 Å². The van der Waals surface area contributed by atoms with Crippen molar-refractivity contribution in [3.63, 3.8) is 0 Å². The van der Waals surface area contributed by atoms with Crippen LogP contribution in [0.5, 0.6) is 0 Å². The number of hydrogen-bond donors (Lipinski definition) is 3. The normalized spacial score (nSPS) is 25.8. The van der Waals surface area contributed by atoms with Crippen molar-refractivity contribution in [2.75, 3.05) is 13.1 Å². The number of amides is 1. The Morgan fingerprint density at radius 1 is 1.40 bits per heavy atom. The van der Waals surface area contributed by atoms with E-state index in [9.17, 15) is 9.59 Å². The summed E-state index contributed by atoms with van der Waals surface area (Å²) < 4.78 is 5.67. The fourth-order valence-electron chi connectivity index (χ4n) is 2.41. The molecule has 3 N–H and O–H groups in total. The number of carboxylic acids is 1. The molecule has 1 aliphatic heterocycles. The van der Waals surface area contributed by atoms with E-state index in [1.165, 1.54) is 0 Å². The van der Waals surface area contributed by atoms with E-state index in [0.717, 1.165) is 12.8 Å². The summed E-state index contributed by atoms with van der Waals surface area (Å²) in [5.74, 6) is -1.40. The van der Waals surface area contributed by atoms with Gasteiger partial charge in [0, 0.05) is 19.1 Å². The van der Waals surface area contributed by atoms with Gasteiger partial charge in [-0.2, -0.15) is 0 Å². The number of ether oxygens (including phenoxy) is 1. The molecule has 0 spiro atoms. The molecular weight excluding hydrogens is 260 g/mol. The van der Waals surface area contributed by atoms with Crippen molar-refractivity contribution in [1.82, 2.24) is 10.6 Å². The number of hydrogen-bond acceptors (Lipinski definition) is 4. The fraction of sp³-hybridized carbons (Fsp3) is 0.857. The van der Waals surface area contributed by atoms with Gasteiger partial charge in [-0.25, -0.2) is 0 Å². The minimum atomic E-state index is -0.820. The van der Waals surface area contributed by atoms with Gasteiger partial charge in [0.05, 0.1) is 12.0 Å². The van der Waals surface area contributed by atoms with E-state index in [2.05, 4.69) is 17.6 Å². The number of nitrogens with one attached hydrogen (secondary N) is 2. The Morgan fingerprint density at radius 2 is 2.10 bits per heavy atom. The lowest BCUT2D eigenvalue weighted by molar-refractivity contribution is -0.146. The highest BCUT2D eigenvalue weighted by Gasteiger charge is 2.29. The number of rotatable bonds is 7. The molecule has 1 fully saturated rings. The molecule has 1 heterocycles. The third kappa shape index (κ3) is 5.46. The highest BCUT2D eigenvalue weighted by Crippen LogP contribution is 2.15. The molecule has 0 aromatic rings. The van der Waals surface area contributed by atoms with Gasteiger partial charge in [-0.1, -0.05) is 13.3 Å². The molecule has 20 heavy (non-hydrogen) atoms.